The molecule has 2 fully saturated rings. The second-order valence-electron chi connectivity index (χ2n) is 9.64. The third kappa shape index (κ3) is 3.78. The second kappa shape index (κ2) is 9.16. The molecule has 3 aliphatic rings. The lowest BCUT2D eigenvalue weighted by Crippen LogP contribution is -2.32. The number of anilines is 2. The van der Waals surface area contributed by atoms with E-state index in [1.54, 1.807) is 0 Å². The first-order chi connectivity index (χ1) is 17.5. The average molecular weight is 518 g/mol. The number of nitrogens with zero attached hydrogens (tertiary/aromatic N) is 2. The lowest BCUT2D eigenvalue weighted by Gasteiger charge is -2.17. The molecular weight excluding hydrogens is 490 g/mol. The topological polar surface area (TPSA) is 79.4 Å². The molecule has 6 rings (SSSR count). The average Bonchev–Trinajstić information content (AvgIpc) is 3.65. The fourth-order valence-corrected chi connectivity index (χ4v) is 7.86. The molecule has 1 aliphatic heterocycles. The number of aromatic nitrogens is 1. The van der Waals surface area contributed by atoms with Crippen LogP contribution in [0, 0.1) is 23.7 Å². The van der Waals surface area contributed by atoms with Crippen molar-refractivity contribution in [3.63, 3.8) is 0 Å². The summed E-state index contributed by atoms with van der Waals surface area (Å²) in [5.74, 6) is 0.0302. The summed E-state index contributed by atoms with van der Waals surface area (Å²) >= 11 is 2.88. The maximum Gasteiger partial charge on any atom is 0.238 e. The Labute approximate surface area is 218 Å². The molecule has 4 atom stereocenters. The third-order valence-electron chi connectivity index (χ3n) is 7.67. The van der Waals surface area contributed by atoms with Crippen molar-refractivity contribution < 1.29 is 14.4 Å². The molecule has 3 aromatic rings. The van der Waals surface area contributed by atoms with Crippen molar-refractivity contribution in [2.24, 2.45) is 23.7 Å². The Balaban J connectivity index is 1.16. The highest BCUT2D eigenvalue weighted by atomic mass is 32.2. The van der Waals surface area contributed by atoms with Gasteiger partial charge in [0.05, 0.1) is 33.5 Å². The SMILES string of the molecule is CCc1cccc(CC)c1NC(=O)CSc1nc2ccc(N3C(=O)[C@@H]4[C@H](C3=O)[C@H]3C=C[C@@H]4C3)cc2s1. The van der Waals surface area contributed by atoms with Crippen LogP contribution in [0.2, 0.25) is 0 Å². The van der Waals surface area contributed by atoms with E-state index < -0.39 is 0 Å². The molecule has 8 heteroatoms. The van der Waals surface area contributed by atoms with Gasteiger partial charge in [-0.05, 0) is 60.4 Å². The number of benzene rings is 2. The summed E-state index contributed by atoms with van der Waals surface area (Å²) in [6, 6.07) is 11.7. The number of amides is 3. The molecule has 3 amide bonds. The van der Waals surface area contributed by atoms with E-state index in [-0.39, 0.29) is 47.1 Å². The number of thiazole rings is 1. The molecule has 0 unspecified atom stereocenters. The molecule has 1 saturated carbocycles. The van der Waals surface area contributed by atoms with Crippen LogP contribution in [0.1, 0.15) is 31.4 Å². The summed E-state index contributed by atoms with van der Waals surface area (Å²) in [4.78, 5) is 45.1. The predicted molar refractivity (Wildman–Crippen MR) is 144 cm³/mol. The summed E-state index contributed by atoms with van der Waals surface area (Å²) in [6.45, 7) is 4.18. The van der Waals surface area contributed by atoms with E-state index in [1.165, 1.54) is 28.0 Å². The van der Waals surface area contributed by atoms with Crippen LogP contribution >= 0.6 is 23.1 Å². The Morgan fingerprint density at radius 2 is 1.72 bits per heavy atom. The molecule has 184 valence electrons. The van der Waals surface area contributed by atoms with Crippen LogP contribution in [0.25, 0.3) is 10.2 Å². The lowest BCUT2D eigenvalue weighted by molar-refractivity contribution is -0.123. The number of rotatable bonds is 7. The first kappa shape index (κ1) is 23.4. The van der Waals surface area contributed by atoms with Crippen molar-refractivity contribution in [3.05, 3.63) is 59.7 Å². The number of carbonyl (C=O) groups excluding carboxylic acids is 3. The Hall–Kier alpha value is -2.97. The van der Waals surface area contributed by atoms with Gasteiger partial charge in [-0.25, -0.2) is 9.88 Å². The van der Waals surface area contributed by atoms with Crippen LogP contribution in [-0.2, 0) is 27.2 Å². The van der Waals surface area contributed by atoms with Crippen LogP contribution in [0.15, 0.2) is 52.9 Å². The van der Waals surface area contributed by atoms with Crippen molar-refractivity contribution in [2.45, 2.75) is 37.4 Å². The second-order valence-corrected chi connectivity index (χ2v) is 11.9. The zero-order chi connectivity index (χ0) is 25.0. The van der Waals surface area contributed by atoms with Gasteiger partial charge in [-0.2, -0.15) is 0 Å². The fraction of sp³-hybridized carbons (Fsp3) is 0.357. The third-order valence-corrected chi connectivity index (χ3v) is 9.83. The van der Waals surface area contributed by atoms with Gasteiger partial charge in [0.15, 0.2) is 4.34 Å². The van der Waals surface area contributed by atoms with Crippen LogP contribution in [-0.4, -0.2) is 28.5 Å². The number of nitrogens with one attached hydrogen (secondary N) is 1. The lowest BCUT2D eigenvalue weighted by atomic mass is 9.85. The van der Waals surface area contributed by atoms with Crippen LogP contribution in [0.5, 0.6) is 0 Å². The summed E-state index contributed by atoms with van der Waals surface area (Å²) in [5.41, 5.74) is 4.62. The predicted octanol–water partition coefficient (Wildman–Crippen LogP) is 5.46. The van der Waals surface area contributed by atoms with Crippen molar-refractivity contribution in [1.29, 1.82) is 0 Å². The molecule has 0 radical (unpaired) electrons. The van der Waals surface area contributed by atoms with Crippen molar-refractivity contribution in [2.75, 3.05) is 16.0 Å². The molecule has 6 nitrogen and oxygen atoms in total. The highest BCUT2D eigenvalue weighted by Crippen LogP contribution is 2.53. The van der Waals surface area contributed by atoms with Crippen LogP contribution in [0.4, 0.5) is 11.4 Å². The minimum atomic E-state index is -0.208. The number of allylic oxidation sites excluding steroid dienone is 2. The zero-order valence-corrected chi connectivity index (χ0v) is 21.8. The smallest absolute Gasteiger partial charge is 0.238 e. The standard InChI is InChI=1S/C28H27N3O3S2/c1-3-15-6-5-7-16(4-2)25(15)30-22(32)14-35-28-29-20-11-10-19(13-21(20)36-28)31-26(33)23-17-8-9-18(12-17)24(23)27(31)34/h5-11,13,17-18,23-24H,3-4,12,14H2,1-2H3,(H,30,32)/t17-,18+,23+,24-. The van der Waals surface area contributed by atoms with Gasteiger partial charge in [-0.1, -0.05) is 56.0 Å². The number of aryl methyl sites for hydroxylation is 2. The van der Waals surface area contributed by atoms with Gasteiger partial charge in [0, 0.05) is 5.69 Å². The van der Waals surface area contributed by atoms with Gasteiger partial charge in [0.25, 0.3) is 0 Å². The maximum atomic E-state index is 13.2. The molecule has 36 heavy (non-hydrogen) atoms. The van der Waals surface area contributed by atoms with Gasteiger partial charge in [-0.3, -0.25) is 14.4 Å². The number of thioether (sulfide) groups is 1. The number of para-hydroxylation sites is 1. The normalized spacial score (nSPS) is 24.2. The number of fused-ring (bicyclic) bond motifs is 6. The summed E-state index contributed by atoms with van der Waals surface area (Å²) in [6.07, 6.45) is 6.86. The molecule has 1 saturated heterocycles. The fourth-order valence-electron chi connectivity index (χ4n) is 5.96. The zero-order valence-electron chi connectivity index (χ0n) is 20.2. The van der Waals surface area contributed by atoms with Gasteiger partial charge in [0.1, 0.15) is 0 Å². The van der Waals surface area contributed by atoms with Crippen molar-refractivity contribution >= 4 is 62.4 Å². The molecule has 1 N–H and O–H groups in total. The summed E-state index contributed by atoms with van der Waals surface area (Å²) in [7, 11) is 0. The highest BCUT2D eigenvalue weighted by Gasteiger charge is 2.59. The molecule has 2 aromatic carbocycles. The quantitative estimate of drug-likeness (QED) is 0.256. The first-order valence-electron chi connectivity index (χ1n) is 12.5. The Morgan fingerprint density at radius 1 is 1.06 bits per heavy atom. The molecule has 1 aromatic heterocycles. The Kier molecular flexibility index (Phi) is 5.96. The molecule has 2 aliphatic carbocycles. The van der Waals surface area contributed by atoms with Gasteiger partial charge < -0.3 is 5.32 Å². The van der Waals surface area contributed by atoms with Crippen LogP contribution in [0.3, 0.4) is 0 Å². The highest BCUT2D eigenvalue weighted by molar-refractivity contribution is 8.01. The minimum absolute atomic E-state index is 0.0569. The van der Waals surface area contributed by atoms with E-state index in [0.717, 1.165) is 50.6 Å². The first-order valence-corrected chi connectivity index (χ1v) is 14.3. The van der Waals surface area contributed by atoms with E-state index in [0.29, 0.717) is 5.69 Å². The monoisotopic (exact) mass is 517 g/mol. The largest absolute Gasteiger partial charge is 0.325 e. The maximum absolute atomic E-state index is 13.2. The molecule has 0 spiro atoms. The van der Waals surface area contributed by atoms with Crippen molar-refractivity contribution in [3.8, 4) is 0 Å². The Bertz CT molecular complexity index is 1380. The number of carbonyl (C=O) groups is 3. The molecule has 2 bridgehead atoms. The summed E-state index contributed by atoms with van der Waals surface area (Å²) < 4.78 is 1.69. The van der Waals surface area contributed by atoms with E-state index in [2.05, 4.69) is 48.4 Å². The van der Waals surface area contributed by atoms with Crippen molar-refractivity contribution in [1.82, 2.24) is 4.98 Å². The van der Waals surface area contributed by atoms with E-state index >= 15 is 0 Å². The summed E-state index contributed by atoms with van der Waals surface area (Å²) in [5, 5.41) is 3.10. The number of imide groups is 1. The molecule has 2 heterocycles. The Morgan fingerprint density at radius 3 is 2.36 bits per heavy atom. The van der Waals surface area contributed by atoms with E-state index in [4.69, 9.17) is 0 Å². The van der Waals surface area contributed by atoms with Crippen LogP contribution < -0.4 is 10.2 Å². The number of hydrogen-bond acceptors (Lipinski definition) is 6. The van der Waals surface area contributed by atoms with Gasteiger partial charge >= 0.3 is 0 Å². The van der Waals surface area contributed by atoms with Gasteiger partial charge in [0.2, 0.25) is 17.7 Å². The minimum Gasteiger partial charge on any atom is -0.325 e. The molecular formula is C28H27N3O3S2. The number of hydrogen-bond donors (Lipinski definition) is 1. The van der Waals surface area contributed by atoms with Gasteiger partial charge in [-0.15, -0.1) is 11.3 Å². The van der Waals surface area contributed by atoms with E-state index in [1.807, 2.05) is 24.3 Å². The van der Waals surface area contributed by atoms with E-state index in [9.17, 15) is 14.4 Å².